The molecule has 2 N–H and O–H groups in total. The van der Waals surface area contributed by atoms with Crippen molar-refractivity contribution >= 4 is 22.1 Å². The first-order chi connectivity index (χ1) is 17.8. The molecule has 0 saturated carbocycles. The summed E-state index contributed by atoms with van der Waals surface area (Å²) in [5.74, 6) is 0.684. The maximum Gasteiger partial charge on any atom is 0.178 e. The highest BCUT2D eigenvalue weighted by Gasteiger charge is 2.17. The van der Waals surface area contributed by atoms with Crippen LogP contribution in [0.3, 0.4) is 0 Å². The lowest BCUT2D eigenvalue weighted by Crippen LogP contribution is -2.18. The molecule has 8 heteroatoms. The number of imidazole rings is 1. The molecule has 0 unspecified atom stereocenters. The lowest BCUT2D eigenvalue weighted by atomic mass is 10.0. The number of aromatic nitrogens is 7. The Bertz CT molecular complexity index is 1680. The Morgan fingerprint density at radius 3 is 2.61 bits per heavy atom. The van der Waals surface area contributed by atoms with Crippen LogP contribution in [0.2, 0.25) is 0 Å². The number of hydrogen-bond acceptors (Lipinski definition) is 6. The Morgan fingerprint density at radius 1 is 0.833 bits per heavy atom. The summed E-state index contributed by atoms with van der Waals surface area (Å²) in [4.78, 5) is 23.9. The molecular weight excluding hydrogens is 448 g/mol. The molecule has 0 aliphatic carbocycles. The number of benzene rings is 1. The Balaban J connectivity index is 1.28. The molecule has 1 aromatic carbocycles. The lowest BCUT2D eigenvalue weighted by Gasteiger charge is -2.14. The molecule has 5 aromatic heterocycles. The van der Waals surface area contributed by atoms with E-state index in [9.17, 15) is 0 Å². The third kappa shape index (κ3) is 3.72. The molecule has 6 aromatic rings. The molecule has 1 fully saturated rings. The molecule has 6 heterocycles. The second-order valence-corrected chi connectivity index (χ2v) is 9.28. The minimum Gasteiger partial charge on any atom is -0.335 e. The molecule has 0 bridgehead atoms. The predicted octanol–water partition coefficient (Wildman–Crippen LogP) is 5.22. The van der Waals surface area contributed by atoms with Gasteiger partial charge in [-0.3, -0.25) is 20.0 Å². The summed E-state index contributed by atoms with van der Waals surface area (Å²) in [6.07, 6.45) is 11.8. The number of aromatic amines is 2. The summed E-state index contributed by atoms with van der Waals surface area (Å²) < 4.78 is 0. The van der Waals surface area contributed by atoms with Crippen molar-refractivity contribution in [3.05, 3.63) is 79.0 Å². The maximum absolute atomic E-state index is 4.78. The van der Waals surface area contributed by atoms with Crippen LogP contribution < -0.4 is 0 Å². The number of nitrogens with zero attached hydrogens (tertiary/aromatic N) is 6. The first-order valence-electron chi connectivity index (χ1n) is 12.2. The third-order valence-electron chi connectivity index (χ3n) is 6.90. The van der Waals surface area contributed by atoms with E-state index in [-0.39, 0.29) is 0 Å². The van der Waals surface area contributed by atoms with Crippen LogP contribution in [0.15, 0.2) is 73.4 Å². The molecule has 1 aliphatic heterocycles. The fourth-order valence-electron chi connectivity index (χ4n) is 5.10. The number of nitrogens with one attached hydrogen (secondary N) is 2. The van der Waals surface area contributed by atoms with Crippen LogP contribution >= 0.6 is 0 Å². The summed E-state index contributed by atoms with van der Waals surface area (Å²) >= 11 is 0. The number of rotatable bonds is 5. The summed E-state index contributed by atoms with van der Waals surface area (Å²) in [6, 6.07) is 14.5. The van der Waals surface area contributed by atoms with Gasteiger partial charge in [-0.2, -0.15) is 5.10 Å². The molecule has 8 nitrogen and oxygen atoms in total. The van der Waals surface area contributed by atoms with Gasteiger partial charge in [0.2, 0.25) is 0 Å². The van der Waals surface area contributed by atoms with E-state index in [2.05, 4.69) is 59.3 Å². The SMILES string of the molecule is c1cc(-c2ccnc3nc(-c4n[nH]c5ccc(-c6cncc(CN7CCCC7)c6)cc45)[nH]c23)ccn1. The molecule has 176 valence electrons. The van der Waals surface area contributed by atoms with Crippen molar-refractivity contribution in [3.63, 3.8) is 0 Å². The van der Waals surface area contributed by atoms with E-state index in [1.165, 1.54) is 31.5 Å². The van der Waals surface area contributed by atoms with E-state index in [4.69, 9.17) is 4.98 Å². The molecular formula is C28H24N8. The van der Waals surface area contributed by atoms with E-state index >= 15 is 0 Å². The Kier molecular flexibility index (Phi) is 5.03. The zero-order valence-corrected chi connectivity index (χ0v) is 19.6. The first-order valence-corrected chi connectivity index (χ1v) is 12.2. The molecule has 0 amide bonds. The van der Waals surface area contributed by atoms with E-state index < -0.39 is 0 Å². The zero-order valence-electron chi connectivity index (χ0n) is 19.6. The fraction of sp³-hybridized carbons (Fsp3) is 0.179. The summed E-state index contributed by atoms with van der Waals surface area (Å²) in [5.41, 5.74) is 8.80. The molecule has 7 rings (SSSR count). The van der Waals surface area contributed by atoms with E-state index in [0.717, 1.165) is 50.9 Å². The number of fused-ring (bicyclic) bond motifs is 2. The van der Waals surface area contributed by atoms with Gasteiger partial charge in [-0.25, -0.2) is 9.97 Å². The van der Waals surface area contributed by atoms with Crippen molar-refractivity contribution in [2.75, 3.05) is 13.1 Å². The number of H-pyrrole nitrogens is 2. The molecule has 36 heavy (non-hydrogen) atoms. The van der Waals surface area contributed by atoms with Crippen LogP contribution in [-0.4, -0.2) is 53.1 Å². The third-order valence-corrected chi connectivity index (χ3v) is 6.90. The van der Waals surface area contributed by atoms with Gasteiger partial charge in [0.1, 0.15) is 5.69 Å². The molecule has 0 atom stereocenters. The average molecular weight is 473 g/mol. The van der Waals surface area contributed by atoms with E-state index in [1.807, 2.05) is 30.6 Å². The largest absolute Gasteiger partial charge is 0.335 e. The Hall–Kier alpha value is -4.43. The minimum absolute atomic E-state index is 0.658. The Labute approximate surface area is 207 Å². The van der Waals surface area contributed by atoms with Crippen molar-refractivity contribution in [3.8, 4) is 33.8 Å². The minimum atomic E-state index is 0.658. The van der Waals surface area contributed by atoms with Crippen molar-refractivity contribution < 1.29 is 0 Å². The van der Waals surface area contributed by atoms with Crippen LogP contribution in [-0.2, 0) is 6.54 Å². The normalized spacial score (nSPS) is 14.2. The monoisotopic (exact) mass is 472 g/mol. The maximum atomic E-state index is 4.78. The first kappa shape index (κ1) is 20.9. The number of pyridine rings is 3. The van der Waals surface area contributed by atoms with Gasteiger partial charge in [0.25, 0.3) is 0 Å². The van der Waals surface area contributed by atoms with Crippen molar-refractivity contribution in [1.82, 2.24) is 40.0 Å². The number of hydrogen-bond donors (Lipinski definition) is 2. The lowest BCUT2D eigenvalue weighted by molar-refractivity contribution is 0.331. The van der Waals surface area contributed by atoms with Gasteiger partial charge in [0.05, 0.1) is 11.0 Å². The summed E-state index contributed by atoms with van der Waals surface area (Å²) in [6.45, 7) is 3.29. The summed E-state index contributed by atoms with van der Waals surface area (Å²) in [5, 5.41) is 8.76. The molecule has 1 aliphatic rings. The predicted molar refractivity (Wildman–Crippen MR) is 140 cm³/mol. The van der Waals surface area contributed by atoms with Crippen molar-refractivity contribution in [1.29, 1.82) is 0 Å². The molecule has 0 spiro atoms. The van der Waals surface area contributed by atoms with Gasteiger partial charge in [-0.1, -0.05) is 6.07 Å². The molecule has 1 saturated heterocycles. The van der Waals surface area contributed by atoms with Gasteiger partial charge >= 0.3 is 0 Å². The highest BCUT2D eigenvalue weighted by atomic mass is 15.1. The van der Waals surface area contributed by atoms with Crippen molar-refractivity contribution in [2.24, 2.45) is 0 Å². The summed E-state index contributed by atoms with van der Waals surface area (Å²) in [7, 11) is 0. The van der Waals surface area contributed by atoms with Gasteiger partial charge in [-0.05, 0) is 79.0 Å². The average Bonchev–Trinajstić information content (AvgIpc) is 3.68. The topological polar surface area (TPSA) is 99.3 Å². The van der Waals surface area contributed by atoms with Gasteiger partial charge in [-0.15, -0.1) is 0 Å². The van der Waals surface area contributed by atoms with Gasteiger partial charge < -0.3 is 4.98 Å². The van der Waals surface area contributed by atoms with Crippen LogP contribution in [0.25, 0.3) is 55.8 Å². The van der Waals surface area contributed by atoms with Crippen molar-refractivity contribution in [2.45, 2.75) is 19.4 Å². The standard InChI is InChI=1S/C28H24N8/c1-2-12-36(11-1)17-18-13-21(16-30-15-18)20-3-4-24-23(14-20)26(35-34-24)28-32-25-22(7-10-31-27(25)33-28)19-5-8-29-9-6-19/h3-10,13-16H,1-2,11-12,17H2,(H,34,35)(H,31,32,33). The molecule has 0 radical (unpaired) electrons. The second-order valence-electron chi connectivity index (χ2n) is 9.28. The highest BCUT2D eigenvalue weighted by molar-refractivity contribution is 5.97. The smallest absolute Gasteiger partial charge is 0.178 e. The van der Waals surface area contributed by atoms with Crippen LogP contribution in [0, 0.1) is 0 Å². The second kappa shape index (κ2) is 8.66. The number of likely N-dealkylation sites (tertiary alicyclic amines) is 1. The zero-order chi connectivity index (χ0) is 23.9. The van der Waals surface area contributed by atoms with Gasteiger partial charge in [0.15, 0.2) is 11.5 Å². The van der Waals surface area contributed by atoms with Crippen LogP contribution in [0.5, 0.6) is 0 Å². The quantitative estimate of drug-likeness (QED) is 0.357. The van der Waals surface area contributed by atoms with Crippen LogP contribution in [0.1, 0.15) is 18.4 Å². The Morgan fingerprint density at radius 2 is 1.72 bits per heavy atom. The fourth-order valence-corrected chi connectivity index (χ4v) is 5.10. The van der Waals surface area contributed by atoms with E-state index in [1.54, 1.807) is 18.6 Å². The van der Waals surface area contributed by atoms with E-state index in [0.29, 0.717) is 11.5 Å². The highest BCUT2D eigenvalue weighted by Crippen LogP contribution is 2.32. The van der Waals surface area contributed by atoms with Gasteiger partial charge in [0, 0.05) is 54.0 Å². The van der Waals surface area contributed by atoms with Crippen LogP contribution in [0.4, 0.5) is 0 Å².